The van der Waals surface area contributed by atoms with Crippen LogP contribution in [0.5, 0.6) is 0 Å². The summed E-state index contributed by atoms with van der Waals surface area (Å²) in [5, 5.41) is 11.8. The first-order chi connectivity index (χ1) is 16.5. The summed E-state index contributed by atoms with van der Waals surface area (Å²) in [4.78, 5) is 33.6. The molecule has 0 saturated heterocycles. The summed E-state index contributed by atoms with van der Waals surface area (Å²) < 4.78 is 16.6. The van der Waals surface area contributed by atoms with Crippen molar-refractivity contribution >= 4 is 50.0 Å². The van der Waals surface area contributed by atoms with Crippen molar-refractivity contribution in [3.8, 4) is 11.1 Å². The van der Waals surface area contributed by atoms with E-state index in [1.165, 1.54) is 39.8 Å². The molecule has 0 atom stereocenters. The van der Waals surface area contributed by atoms with Gasteiger partial charge >= 0.3 is 0 Å². The van der Waals surface area contributed by atoms with E-state index in [2.05, 4.69) is 20.2 Å². The maximum absolute atomic E-state index is 13.3. The van der Waals surface area contributed by atoms with Crippen LogP contribution >= 0.6 is 23.1 Å². The molecular formula is C23H15FN6O2S2. The molecule has 4 heterocycles. The molecule has 0 saturated carbocycles. The van der Waals surface area contributed by atoms with Crippen molar-refractivity contribution in [1.82, 2.24) is 29.1 Å². The molecule has 8 nitrogen and oxygen atoms in total. The van der Waals surface area contributed by atoms with Gasteiger partial charge in [-0.25, -0.2) is 9.37 Å². The Morgan fingerprint density at radius 2 is 1.88 bits per heavy atom. The molecule has 0 spiro atoms. The van der Waals surface area contributed by atoms with Gasteiger partial charge in [0.05, 0.1) is 22.0 Å². The minimum atomic E-state index is -0.331. The molecule has 0 bridgehead atoms. The van der Waals surface area contributed by atoms with E-state index in [4.69, 9.17) is 0 Å². The molecule has 1 N–H and O–H groups in total. The van der Waals surface area contributed by atoms with Crippen molar-refractivity contribution in [1.29, 1.82) is 0 Å². The Hall–Kier alpha value is -3.83. The summed E-state index contributed by atoms with van der Waals surface area (Å²) in [5.74, 6) is 1.13. The molecule has 34 heavy (non-hydrogen) atoms. The summed E-state index contributed by atoms with van der Waals surface area (Å²) >= 11 is 2.69. The van der Waals surface area contributed by atoms with Crippen LogP contribution in [0.4, 0.5) is 4.39 Å². The molecule has 168 valence electrons. The van der Waals surface area contributed by atoms with Gasteiger partial charge in [-0.3, -0.25) is 18.6 Å². The second-order valence-electron chi connectivity index (χ2n) is 7.63. The molecular weight excluding hydrogens is 475 g/mol. The van der Waals surface area contributed by atoms with E-state index in [-0.39, 0.29) is 16.9 Å². The third-order valence-corrected chi connectivity index (χ3v) is 7.35. The number of aromatic nitrogens is 6. The van der Waals surface area contributed by atoms with Crippen LogP contribution in [0.25, 0.3) is 38.0 Å². The van der Waals surface area contributed by atoms with Gasteiger partial charge in [-0.05, 0) is 29.8 Å². The third-order valence-electron chi connectivity index (χ3n) is 5.61. The predicted octanol–water partition coefficient (Wildman–Crippen LogP) is 3.98. The lowest BCUT2D eigenvalue weighted by Gasteiger charge is -2.07. The molecule has 6 aromatic rings. The quantitative estimate of drug-likeness (QED) is 0.297. The summed E-state index contributed by atoms with van der Waals surface area (Å²) in [7, 11) is 1.66. The van der Waals surface area contributed by atoms with Crippen molar-refractivity contribution in [2.24, 2.45) is 7.05 Å². The van der Waals surface area contributed by atoms with Crippen LogP contribution in [-0.4, -0.2) is 29.1 Å². The van der Waals surface area contributed by atoms with Gasteiger partial charge in [0.25, 0.3) is 11.1 Å². The lowest BCUT2D eigenvalue weighted by atomic mass is 10.1. The van der Waals surface area contributed by atoms with Crippen LogP contribution in [0.2, 0.25) is 0 Å². The first-order valence-electron chi connectivity index (χ1n) is 10.2. The number of thioether (sulfide) groups is 1. The lowest BCUT2D eigenvalue weighted by molar-refractivity contribution is 0.628. The van der Waals surface area contributed by atoms with E-state index in [1.54, 1.807) is 25.2 Å². The highest BCUT2D eigenvalue weighted by atomic mass is 32.2. The topological polar surface area (TPSA) is 97.9 Å². The number of para-hydroxylation sites is 1. The number of H-pyrrole nitrogens is 1. The number of thiophene rings is 1. The minimum absolute atomic E-state index is 0.138. The fraction of sp³-hybridized carbons (Fsp3) is 0.0870. The number of rotatable bonds is 4. The van der Waals surface area contributed by atoms with Gasteiger partial charge in [0.1, 0.15) is 16.5 Å². The van der Waals surface area contributed by atoms with Crippen LogP contribution in [0.3, 0.4) is 0 Å². The van der Waals surface area contributed by atoms with Crippen LogP contribution in [0.1, 0.15) is 5.82 Å². The van der Waals surface area contributed by atoms with Gasteiger partial charge in [0.2, 0.25) is 5.78 Å². The number of hydrogen-bond acceptors (Lipinski definition) is 7. The normalized spacial score (nSPS) is 11.7. The molecule has 0 aliphatic heterocycles. The number of benzene rings is 2. The smallest absolute Gasteiger partial charge is 0.262 e. The van der Waals surface area contributed by atoms with Gasteiger partial charge in [-0.2, -0.15) is 0 Å². The van der Waals surface area contributed by atoms with Crippen molar-refractivity contribution < 1.29 is 4.39 Å². The van der Waals surface area contributed by atoms with Crippen molar-refractivity contribution in [3.05, 3.63) is 86.3 Å². The van der Waals surface area contributed by atoms with Gasteiger partial charge in [0, 0.05) is 18.0 Å². The zero-order valence-electron chi connectivity index (χ0n) is 17.7. The SMILES string of the molecule is Cn1c(=O)c2ccccc2n2c(CSc3nc4scc(-c5ccc(F)cc5)c4c(=O)[nH]3)nnc12. The van der Waals surface area contributed by atoms with Crippen molar-refractivity contribution in [3.63, 3.8) is 0 Å². The van der Waals surface area contributed by atoms with E-state index in [0.717, 1.165) is 16.6 Å². The molecule has 0 unspecified atom stereocenters. The standard InChI is InChI=1S/C23H15FN6O2S2/c1-29-21(32)14-4-2-3-5-16(14)30-17(27-28-23(29)30)11-34-22-25-19(31)18-15(10-33-20(18)26-22)12-6-8-13(24)9-7-12/h2-10H,11H2,1H3,(H,25,26,31). The van der Waals surface area contributed by atoms with Crippen LogP contribution in [0.15, 0.2) is 68.7 Å². The highest BCUT2D eigenvalue weighted by molar-refractivity contribution is 7.98. The third kappa shape index (κ3) is 3.24. The zero-order valence-corrected chi connectivity index (χ0v) is 19.3. The molecule has 6 rings (SSSR count). The molecule has 0 aliphatic carbocycles. The predicted molar refractivity (Wildman–Crippen MR) is 131 cm³/mol. The Balaban J connectivity index is 1.38. The number of nitrogens with one attached hydrogen (secondary N) is 1. The molecule has 0 aliphatic rings. The molecule has 2 aromatic carbocycles. The Bertz CT molecular complexity index is 1840. The van der Waals surface area contributed by atoms with Crippen molar-refractivity contribution in [2.45, 2.75) is 10.9 Å². The highest BCUT2D eigenvalue weighted by Crippen LogP contribution is 2.32. The maximum Gasteiger partial charge on any atom is 0.262 e. The second-order valence-corrected chi connectivity index (χ2v) is 9.45. The maximum atomic E-state index is 13.3. The van der Waals surface area contributed by atoms with E-state index in [0.29, 0.717) is 38.1 Å². The fourth-order valence-corrected chi connectivity index (χ4v) is 5.74. The molecule has 0 amide bonds. The van der Waals surface area contributed by atoms with Crippen LogP contribution in [-0.2, 0) is 12.8 Å². The Morgan fingerprint density at radius 3 is 2.71 bits per heavy atom. The Labute approximate surface area is 198 Å². The average Bonchev–Trinajstić information content (AvgIpc) is 3.47. The second kappa shape index (κ2) is 7.89. The van der Waals surface area contributed by atoms with Gasteiger partial charge < -0.3 is 4.98 Å². The van der Waals surface area contributed by atoms with Gasteiger partial charge in [-0.1, -0.05) is 36.0 Å². The zero-order chi connectivity index (χ0) is 23.4. The molecule has 4 aromatic heterocycles. The number of nitrogens with zero attached hydrogens (tertiary/aromatic N) is 5. The van der Waals surface area contributed by atoms with Gasteiger partial charge in [-0.15, -0.1) is 21.5 Å². The number of hydrogen-bond donors (Lipinski definition) is 1. The van der Waals surface area contributed by atoms with E-state index < -0.39 is 0 Å². The molecule has 0 radical (unpaired) electrons. The first kappa shape index (κ1) is 20.8. The first-order valence-corrected chi connectivity index (χ1v) is 12.1. The average molecular weight is 491 g/mol. The summed E-state index contributed by atoms with van der Waals surface area (Å²) in [6.07, 6.45) is 0. The summed E-state index contributed by atoms with van der Waals surface area (Å²) in [6, 6.07) is 13.3. The molecule has 0 fully saturated rings. The number of fused-ring (bicyclic) bond motifs is 4. The monoisotopic (exact) mass is 490 g/mol. The van der Waals surface area contributed by atoms with Crippen molar-refractivity contribution in [2.75, 3.05) is 0 Å². The number of halogens is 1. The summed E-state index contributed by atoms with van der Waals surface area (Å²) in [5.41, 5.74) is 1.81. The number of aromatic amines is 1. The summed E-state index contributed by atoms with van der Waals surface area (Å²) in [6.45, 7) is 0. The lowest BCUT2D eigenvalue weighted by Crippen LogP contribution is -2.20. The minimum Gasteiger partial charge on any atom is -0.301 e. The Kier molecular flexibility index (Phi) is 4.82. The fourth-order valence-electron chi connectivity index (χ4n) is 3.96. The Morgan fingerprint density at radius 1 is 1.09 bits per heavy atom. The molecule has 11 heteroatoms. The van der Waals surface area contributed by atoms with E-state index in [1.807, 2.05) is 28.0 Å². The van der Waals surface area contributed by atoms with Crippen LogP contribution < -0.4 is 11.1 Å². The largest absolute Gasteiger partial charge is 0.301 e. The van der Waals surface area contributed by atoms with Gasteiger partial charge in [0.15, 0.2) is 5.16 Å². The van der Waals surface area contributed by atoms with E-state index in [9.17, 15) is 14.0 Å². The van der Waals surface area contributed by atoms with E-state index >= 15 is 0 Å². The van der Waals surface area contributed by atoms with Crippen LogP contribution in [0, 0.1) is 5.82 Å². The number of aryl methyl sites for hydroxylation is 1. The highest BCUT2D eigenvalue weighted by Gasteiger charge is 2.17.